The topological polar surface area (TPSA) is 50.1 Å². The SMILES string of the molecule is CC1CCC(C2CSC(=C(C#N)C=O)SC2)CC1.COC1CCC(C2CCC(C)CC2)CC1. The fourth-order valence-corrected chi connectivity index (χ4v) is 9.21. The standard InChI is InChI=1S/C14H19NOS2.C14H26O/c1-10-2-4-11(5-3-10)13-8-17-14(18-9-13)12(6-15)7-16;1-11-3-5-12(6-4-11)13-7-9-14(15-2)10-8-13/h7,10-11,13H,2-5,8-9H2,1H3;11-14H,3-10H2,1-2H3. The Hall–Kier alpha value is -0.440. The number of carbonyl (C=O) groups is 1. The van der Waals surface area contributed by atoms with Crippen molar-refractivity contribution < 1.29 is 9.53 Å². The van der Waals surface area contributed by atoms with Crippen molar-refractivity contribution in [2.45, 2.75) is 97.0 Å². The highest BCUT2D eigenvalue weighted by atomic mass is 32.2. The van der Waals surface area contributed by atoms with Crippen LogP contribution >= 0.6 is 23.5 Å². The Morgan fingerprint density at radius 1 is 0.788 bits per heavy atom. The molecule has 4 aliphatic rings. The lowest BCUT2D eigenvalue weighted by atomic mass is 9.71. The van der Waals surface area contributed by atoms with Gasteiger partial charge in [0.1, 0.15) is 11.6 Å². The number of aldehydes is 1. The number of ether oxygens (including phenoxy) is 1. The molecule has 33 heavy (non-hydrogen) atoms. The Morgan fingerprint density at radius 3 is 1.61 bits per heavy atom. The van der Waals surface area contributed by atoms with Crippen LogP contribution < -0.4 is 0 Å². The number of methoxy groups -OCH3 is 1. The summed E-state index contributed by atoms with van der Waals surface area (Å²) in [5.41, 5.74) is 0.320. The first-order chi connectivity index (χ1) is 16.0. The molecule has 1 aliphatic heterocycles. The van der Waals surface area contributed by atoms with Gasteiger partial charge in [-0.3, -0.25) is 4.79 Å². The van der Waals surface area contributed by atoms with Crippen molar-refractivity contribution in [1.82, 2.24) is 0 Å². The number of nitriles is 1. The van der Waals surface area contributed by atoms with Gasteiger partial charge in [-0.25, -0.2) is 0 Å². The molecule has 0 radical (unpaired) electrons. The van der Waals surface area contributed by atoms with Crippen molar-refractivity contribution in [3.8, 4) is 6.07 Å². The van der Waals surface area contributed by atoms with Gasteiger partial charge in [0.25, 0.3) is 0 Å². The first kappa shape index (κ1) is 27.2. The molecule has 0 aromatic heterocycles. The van der Waals surface area contributed by atoms with Crippen molar-refractivity contribution >= 4 is 29.8 Å². The smallest absolute Gasteiger partial charge is 0.162 e. The molecule has 4 fully saturated rings. The summed E-state index contributed by atoms with van der Waals surface area (Å²) in [6, 6.07) is 1.99. The van der Waals surface area contributed by atoms with Crippen LogP contribution in [-0.2, 0) is 9.53 Å². The van der Waals surface area contributed by atoms with Crippen LogP contribution in [0.15, 0.2) is 9.81 Å². The number of allylic oxidation sites excluding steroid dienone is 1. The van der Waals surface area contributed by atoms with Crippen LogP contribution in [0.4, 0.5) is 0 Å². The third-order valence-corrected chi connectivity index (χ3v) is 11.7. The van der Waals surface area contributed by atoms with Crippen molar-refractivity contribution in [2.75, 3.05) is 18.6 Å². The number of carbonyl (C=O) groups excluding carboxylic acids is 1. The maximum atomic E-state index is 10.7. The predicted octanol–water partition coefficient (Wildman–Crippen LogP) is 7.86. The van der Waals surface area contributed by atoms with Crippen molar-refractivity contribution in [2.24, 2.45) is 35.5 Å². The van der Waals surface area contributed by atoms with Gasteiger partial charge in [-0.2, -0.15) is 5.26 Å². The van der Waals surface area contributed by atoms with Crippen molar-refractivity contribution in [3.63, 3.8) is 0 Å². The van der Waals surface area contributed by atoms with Gasteiger partial charge in [-0.15, -0.1) is 23.5 Å². The molecule has 3 nitrogen and oxygen atoms in total. The average Bonchev–Trinajstić information content (AvgIpc) is 2.87. The molecule has 4 rings (SSSR count). The summed E-state index contributed by atoms with van der Waals surface area (Å²) >= 11 is 3.42. The molecule has 0 unspecified atom stereocenters. The van der Waals surface area contributed by atoms with Crippen LogP contribution in [0.5, 0.6) is 0 Å². The van der Waals surface area contributed by atoms with E-state index in [1.807, 2.05) is 13.2 Å². The van der Waals surface area contributed by atoms with Gasteiger partial charge in [0, 0.05) is 18.6 Å². The molecule has 1 saturated heterocycles. The van der Waals surface area contributed by atoms with E-state index in [-0.39, 0.29) is 0 Å². The van der Waals surface area contributed by atoms with Crippen LogP contribution in [0.1, 0.15) is 90.9 Å². The molecule has 0 amide bonds. The quantitative estimate of drug-likeness (QED) is 0.227. The van der Waals surface area contributed by atoms with Gasteiger partial charge < -0.3 is 4.74 Å². The highest BCUT2D eigenvalue weighted by Gasteiger charge is 2.31. The second kappa shape index (κ2) is 14.2. The summed E-state index contributed by atoms with van der Waals surface area (Å²) in [4.78, 5) is 10.7. The van der Waals surface area contributed by atoms with Gasteiger partial charge in [-0.05, 0) is 86.9 Å². The number of nitrogens with zero attached hydrogens (tertiary/aromatic N) is 1. The number of hydrogen-bond acceptors (Lipinski definition) is 5. The van der Waals surface area contributed by atoms with Gasteiger partial charge in [0.05, 0.1) is 10.3 Å². The minimum Gasteiger partial charge on any atom is -0.381 e. The average molecular weight is 492 g/mol. The molecular weight excluding hydrogens is 446 g/mol. The molecule has 0 atom stereocenters. The lowest BCUT2D eigenvalue weighted by molar-refractivity contribution is -0.104. The van der Waals surface area contributed by atoms with Crippen LogP contribution in [-0.4, -0.2) is 31.0 Å². The van der Waals surface area contributed by atoms with Gasteiger partial charge in [0.15, 0.2) is 6.29 Å². The minimum atomic E-state index is 0.320. The summed E-state index contributed by atoms with van der Waals surface area (Å²) in [6.45, 7) is 4.77. The van der Waals surface area contributed by atoms with Crippen molar-refractivity contribution in [3.05, 3.63) is 9.81 Å². The molecule has 0 aromatic carbocycles. The zero-order valence-corrected chi connectivity index (χ0v) is 22.7. The van der Waals surface area contributed by atoms with E-state index >= 15 is 0 Å². The molecular formula is C28H45NO2S2. The third kappa shape index (κ3) is 8.32. The summed E-state index contributed by atoms with van der Waals surface area (Å²) in [6.07, 6.45) is 18.2. The Bertz CT molecular complexity index is 654. The molecule has 5 heteroatoms. The largest absolute Gasteiger partial charge is 0.381 e. The predicted molar refractivity (Wildman–Crippen MR) is 142 cm³/mol. The highest BCUT2D eigenvalue weighted by Crippen LogP contribution is 2.45. The second-order valence-electron chi connectivity index (χ2n) is 11.1. The van der Waals surface area contributed by atoms with Crippen molar-refractivity contribution in [1.29, 1.82) is 5.26 Å². The molecule has 0 aromatic rings. The van der Waals surface area contributed by atoms with E-state index in [1.54, 1.807) is 23.5 Å². The molecule has 186 valence electrons. The van der Waals surface area contributed by atoms with Gasteiger partial charge >= 0.3 is 0 Å². The molecule has 3 saturated carbocycles. The molecule has 3 aliphatic carbocycles. The van der Waals surface area contributed by atoms with E-state index in [2.05, 4.69) is 13.8 Å². The minimum absolute atomic E-state index is 0.320. The summed E-state index contributed by atoms with van der Waals surface area (Å²) in [7, 11) is 1.87. The lowest BCUT2D eigenvalue weighted by Gasteiger charge is -2.36. The monoisotopic (exact) mass is 491 g/mol. The molecule has 0 bridgehead atoms. The highest BCUT2D eigenvalue weighted by molar-refractivity contribution is 8.22. The zero-order chi connectivity index (χ0) is 23.6. The Morgan fingerprint density at radius 2 is 1.21 bits per heavy atom. The maximum Gasteiger partial charge on any atom is 0.162 e. The van der Waals surface area contributed by atoms with E-state index in [9.17, 15) is 4.79 Å². The Kier molecular flexibility index (Phi) is 11.7. The van der Waals surface area contributed by atoms with Gasteiger partial charge in [-0.1, -0.05) is 39.5 Å². The number of thioether (sulfide) groups is 2. The first-order valence-corrected chi connectivity index (χ1v) is 15.4. The third-order valence-electron chi connectivity index (χ3n) is 8.82. The zero-order valence-electron chi connectivity index (χ0n) is 21.1. The fourth-order valence-electron chi connectivity index (χ4n) is 6.31. The number of hydrogen-bond donors (Lipinski definition) is 0. The van der Waals surface area contributed by atoms with E-state index < -0.39 is 0 Å². The molecule has 1 heterocycles. The fraction of sp³-hybridized carbons (Fsp3) is 0.857. The van der Waals surface area contributed by atoms with E-state index in [0.717, 1.165) is 51.3 Å². The van der Waals surface area contributed by atoms with Crippen LogP contribution in [0.25, 0.3) is 0 Å². The summed E-state index contributed by atoms with van der Waals surface area (Å²) < 4.78 is 6.38. The molecule has 0 spiro atoms. The Labute approximate surface area is 211 Å². The maximum absolute atomic E-state index is 10.7. The van der Waals surface area contributed by atoms with Crippen LogP contribution in [0, 0.1) is 46.8 Å². The van der Waals surface area contributed by atoms with E-state index in [0.29, 0.717) is 18.0 Å². The van der Waals surface area contributed by atoms with E-state index in [4.69, 9.17) is 10.00 Å². The first-order valence-electron chi connectivity index (χ1n) is 13.4. The van der Waals surface area contributed by atoms with Crippen LogP contribution in [0.3, 0.4) is 0 Å². The van der Waals surface area contributed by atoms with E-state index in [1.165, 1.54) is 77.0 Å². The Balaban J connectivity index is 0.000000189. The second-order valence-corrected chi connectivity index (χ2v) is 13.4. The van der Waals surface area contributed by atoms with Crippen LogP contribution in [0.2, 0.25) is 0 Å². The summed E-state index contributed by atoms with van der Waals surface area (Å²) in [5.74, 6) is 7.79. The molecule has 0 N–H and O–H groups in total. The summed E-state index contributed by atoms with van der Waals surface area (Å²) in [5, 5.41) is 8.86. The van der Waals surface area contributed by atoms with Gasteiger partial charge in [0.2, 0.25) is 0 Å². The lowest BCUT2D eigenvalue weighted by Crippen LogP contribution is -2.27. The normalized spacial score (nSPS) is 37.3. The number of rotatable bonds is 4.